The summed E-state index contributed by atoms with van der Waals surface area (Å²) in [6.07, 6.45) is 5.32. The number of amides is 3. The van der Waals surface area contributed by atoms with E-state index in [0.717, 1.165) is 6.41 Å². The SMILES string of the molecule is C.C.C.C.CNC(O)(O)N[C-]=O.C[C-]=O.O=[C-]NCN[C-]=O.[Y].[Y]. The van der Waals surface area contributed by atoms with Gasteiger partial charge in [-0.1, -0.05) is 29.7 Å². The Labute approximate surface area is 196 Å². The van der Waals surface area contributed by atoms with Crippen LogP contribution >= 0.6 is 0 Å². The zero-order valence-electron chi connectivity index (χ0n) is 10.9. The van der Waals surface area contributed by atoms with Crippen molar-refractivity contribution in [3.05, 3.63) is 0 Å². The molecule has 0 unspecified atom stereocenters. The van der Waals surface area contributed by atoms with E-state index < -0.39 is 6.03 Å². The van der Waals surface area contributed by atoms with Gasteiger partial charge in [0, 0.05) is 72.1 Å². The number of hydrogen-bond acceptors (Lipinski definition) is 7. The molecule has 0 aliphatic carbocycles. The first-order valence-corrected chi connectivity index (χ1v) is 4.22. The van der Waals surface area contributed by atoms with Crippen LogP contribution in [0.3, 0.4) is 0 Å². The maximum Gasteiger partial charge on any atom is 0.280 e. The Bertz CT molecular complexity index is 230. The van der Waals surface area contributed by atoms with Crippen LogP contribution < -0.4 is 21.3 Å². The van der Waals surface area contributed by atoms with Crippen molar-refractivity contribution in [1.29, 1.82) is 0 Å². The van der Waals surface area contributed by atoms with E-state index in [-0.39, 0.29) is 102 Å². The van der Waals surface area contributed by atoms with Crippen molar-refractivity contribution in [2.45, 2.75) is 42.7 Å². The molecule has 0 heterocycles. The second-order valence-electron chi connectivity index (χ2n) is 2.09. The molecule has 0 bridgehead atoms. The summed E-state index contributed by atoms with van der Waals surface area (Å²) in [5.41, 5.74) is 0. The van der Waals surface area contributed by atoms with Gasteiger partial charge in [0.1, 0.15) is 0 Å². The third-order valence-corrected chi connectivity index (χ3v) is 0.895. The first-order chi connectivity index (χ1) is 8.45. The molecule has 3 amide bonds. The topological polar surface area (TPSA) is 157 Å². The number of rotatable bonds is 7. The van der Waals surface area contributed by atoms with Crippen LogP contribution in [0.15, 0.2) is 0 Å². The van der Waals surface area contributed by atoms with Gasteiger partial charge in [0.15, 0.2) is 0 Å². The summed E-state index contributed by atoms with van der Waals surface area (Å²) in [6.45, 7) is 1.41. The van der Waals surface area contributed by atoms with Crippen LogP contribution in [0.2, 0.25) is 0 Å². The molecular formula is C12H30N4O6Y2-4. The minimum atomic E-state index is -2.33. The molecule has 0 aromatic carbocycles. The molecule has 6 N–H and O–H groups in total. The van der Waals surface area contributed by atoms with Crippen LogP contribution in [-0.4, -0.2) is 55.5 Å². The van der Waals surface area contributed by atoms with Crippen LogP contribution in [0.1, 0.15) is 36.6 Å². The standard InChI is InChI=1S/C3H7N2O3.C3H4N2O2.C2H3O.4CH4.2Y/c1-4-3(7,8)5-2-6;6-2-4-1-5-3-7;1-2-3;;;;;;/h4,7-8H,1H3,(H,5,6);1H2,(H,4,6)(H,5,7);1H3;4*1H4;;/q-1;-2;-1;;;;;;. The van der Waals surface area contributed by atoms with Crippen LogP contribution in [0.25, 0.3) is 0 Å². The summed E-state index contributed by atoms with van der Waals surface area (Å²) in [4.78, 5) is 36.6. The Hall–Kier alpha value is 0.168. The van der Waals surface area contributed by atoms with Gasteiger partial charge in [-0.3, -0.25) is 11.6 Å². The molecule has 0 atom stereocenters. The molecule has 10 nitrogen and oxygen atoms in total. The van der Waals surface area contributed by atoms with Crippen molar-refractivity contribution >= 4 is 25.5 Å². The first kappa shape index (κ1) is 56.4. The molecule has 24 heavy (non-hydrogen) atoms. The van der Waals surface area contributed by atoms with E-state index in [1.165, 1.54) is 33.1 Å². The molecule has 0 aromatic rings. The third-order valence-electron chi connectivity index (χ3n) is 0.895. The molecule has 0 aliphatic rings. The summed E-state index contributed by atoms with van der Waals surface area (Å²) in [7, 11) is 1.27. The van der Waals surface area contributed by atoms with Crippen molar-refractivity contribution in [3.63, 3.8) is 0 Å². The number of hydrogen-bond donors (Lipinski definition) is 6. The minimum absolute atomic E-state index is 0. The van der Waals surface area contributed by atoms with Gasteiger partial charge in [0.05, 0.1) is 0 Å². The number of carbonyl (C=O) groups excluding carboxylic acids is 4. The maximum atomic E-state index is 9.38. The van der Waals surface area contributed by atoms with Crippen LogP contribution in [0, 0.1) is 0 Å². The van der Waals surface area contributed by atoms with Crippen molar-refractivity contribution in [2.75, 3.05) is 13.7 Å². The fourth-order valence-electron chi connectivity index (χ4n) is 0.250. The van der Waals surface area contributed by atoms with Crippen molar-refractivity contribution in [3.8, 4) is 0 Å². The molecular weight excluding hydrogens is 474 g/mol. The van der Waals surface area contributed by atoms with E-state index in [2.05, 4.69) is 10.6 Å². The molecule has 0 aliphatic heterocycles. The van der Waals surface area contributed by atoms with E-state index in [1.54, 1.807) is 5.32 Å². The van der Waals surface area contributed by atoms with Crippen LogP contribution in [-0.2, 0) is 84.6 Å². The van der Waals surface area contributed by atoms with Gasteiger partial charge in [0.2, 0.25) is 0 Å². The molecule has 0 fully saturated rings. The smallest absolute Gasteiger partial charge is 0.280 e. The Morgan fingerprint density at radius 2 is 1.12 bits per heavy atom. The van der Waals surface area contributed by atoms with Crippen molar-refractivity contribution in [2.24, 2.45) is 0 Å². The summed E-state index contributed by atoms with van der Waals surface area (Å²) in [6, 6.07) is -2.33. The van der Waals surface area contributed by atoms with Gasteiger partial charge in [-0.2, -0.15) is 26.2 Å². The second-order valence-corrected chi connectivity index (χ2v) is 2.09. The van der Waals surface area contributed by atoms with Gasteiger partial charge < -0.3 is 45.3 Å². The van der Waals surface area contributed by atoms with Crippen molar-refractivity contribution < 1.29 is 94.8 Å². The number of nitrogens with one attached hydrogen (secondary N) is 4. The average molecular weight is 504 g/mol. The summed E-state index contributed by atoms with van der Waals surface area (Å²) >= 11 is 0. The van der Waals surface area contributed by atoms with E-state index in [4.69, 9.17) is 15.0 Å². The first-order valence-electron chi connectivity index (χ1n) is 4.22. The Morgan fingerprint density at radius 1 is 0.833 bits per heavy atom. The van der Waals surface area contributed by atoms with E-state index in [1.807, 2.05) is 5.32 Å². The third kappa shape index (κ3) is 79.6. The summed E-state index contributed by atoms with van der Waals surface area (Å²) in [5.74, 6) is 0. The Morgan fingerprint density at radius 3 is 1.25 bits per heavy atom. The van der Waals surface area contributed by atoms with E-state index in [0.29, 0.717) is 0 Å². The fourth-order valence-corrected chi connectivity index (χ4v) is 0.250. The normalized spacial score (nSPS) is 6.17. The number of aliphatic hydroxyl groups is 2. The molecule has 0 saturated carbocycles. The molecule has 12 heteroatoms. The average Bonchev–Trinajstić information content (AvgIpc) is 2.32. The predicted octanol–water partition coefficient (Wildman–Crippen LogP) is -1.63. The zero-order valence-corrected chi connectivity index (χ0v) is 16.6. The quantitative estimate of drug-likeness (QED) is 0.105. The molecule has 0 aromatic heterocycles. The molecule has 0 rings (SSSR count). The van der Waals surface area contributed by atoms with E-state index in [9.17, 15) is 14.4 Å². The molecule has 144 valence electrons. The van der Waals surface area contributed by atoms with Crippen LogP contribution in [0.5, 0.6) is 0 Å². The van der Waals surface area contributed by atoms with Crippen molar-refractivity contribution in [1.82, 2.24) is 21.3 Å². The molecule has 0 saturated heterocycles. The maximum absolute atomic E-state index is 9.38. The van der Waals surface area contributed by atoms with E-state index >= 15 is 0 Å². The minimum Gasteiger partial charge on any atom is -0.542 e. The predicted molar refractivity (Wildman–Crippen MR) is 85.9 cm³/mol. The molecule has 2 radical (unpaired) electrons. The summed E-state index contributed by atoms with van der Waals surface area (Å²) in [5, 5.41) is 24.5. The van der Waals surface area contributed by atoms with Gasteiger partial charge in [-0.15, -0.1) is 0 Å². The van der Waals surface area contributed by atoms with Gasteiger partial charge in [-0.25, -0.2) is 0 Å². The summed E-state index contributed by atoms with van der Waals surface area (Å²) < 4.78 is 0. The Kier molecular flexibility index (Phi) is 116. The zero-order chi connectivity index (χ0) is 14.9. The van der Waals surface area contributed by atoms with Gasteiger partial charge in [-0.05, 0) is 7.05 Å². The monoisotopic (exact) mass is 504 g/mol. The largest absolute Gasteiger partial charge is 0.542 e. The molecule has 0 spiro atoms. The van der Waals surface area contributed by atoms with Gasteiger partial charge >= 0.3 is 0 Å². The fraction of sp³-hybridized carbons (Fsp3) is 0.667. The van der Waals surface area contributed by atoms with Gasteiger partial charge in [0.25, 0.3) is 6.03 Å². The second kappa shape index (κ2) is 49.5. The Balaban J connectivity index is -0.0000000190. The van der Waals surface area contributed by atoms with Crippen LogP contribution in [0.4, 0.5) is 0 Å².